The molecule has 0 fully saturated rings. The summed E-state index contributed by atoms with van der Waals surface area (Å²) in [7, 11) is -2.41. The van der Waals surface area contributed by atoms with Crippen molar-refractivity contribution in [1.29, 1.82) is 0 Å². The molecule has 2 aromatic rings. The molecule has 34 heavy (non-hydrogen) atoms. The Bertz CT molecular complexity index is 1140. The van der Waals surface area contributed by atoms with Gasteiger partial charge in [-0.05, 0) is 43.7 Å². The number of nitrogens with one attached hydrogen (secondary N) is 1. The summed E-state index contributed by atoms with van der Waals surface area (Å²) in [4.78, 5) is 27.0. The smallest absolute Gasteiger partial charge is 0.244 e. The molecule has 0 bridgehead atoms. The molecule has 3 rings (SSSR count). The number of benzene rings is 2. The number of halogens is 1. The lowest BCUT2D eigenvalue weighted by Crippen LogP contribution is -2.51. The lowest BCUT2D eigenvalue weighted by Gasteiger charge is -2.32. The molecular weight excluding hydrogens is 465 g/mol. The average molecular weight is 494 g/mol. The molecule has 9 nitrogen and oxygen atoms in total. The van der Waals surface area contributed by atoms with Crippen LogP contribution in [0.25, 0.3) is 0 Å². The minimum Gasteiger partial charge on any atom is -0.486 e. The molecule has 11 heteroatoms. The number of rotatable bonds is 9. The molecule has 1 aliphatic heterocycles. The monoisotopic (exact) mass is 493 g/mol. The van der Waals surface area contributed by atoms with Crippen LogP contribution in [0.3, 0.4) is 0 Å². The number of carbonyl (C=O) groups is 2. The Hall–Kier alpha value is -3.34. The molecule has 1 aliphatic rings. The van der Waals surface area contributed by atoms with Crippen LogP contribution in [-0.2, 0) is 26.2 Å². The van der Waals surface area contributed by atoms with Crippen LogP contribution in [0.5, 0.6) is 11.5 Å². The third-order valence-corrected chi connectivity index (χ3v) is 7.21. The molecule has 2 amide bonds. The van der Waals surface area contributed by atoms with Crippen molar-refractivity contribution in [3.8, 4) is 11.5 Å². The van der Waals surface area contributed by atoms with Crippen LogP contribution >= 0.6 is 0 Å². The minimum absolute atomic E-state index is 0.00511. The molecule has 0 aliphatic carbocycles. The molecule has 0 saturated carbocycles. The Labute approximate surface area is 198 Å². The van der Waals surface area contributed by atoms with E-state index >= 15 is 0 Å². The van der Waals surface area contributed by atoms with E-state index in [9.17, 15) is 22.4 Å². The Morgan fingerprint density at radius 3 is 2.35 bits per heavy atom. The molecule has 1 atom stereocenters. The number of anilines is 1. The summed E-state index contributed by atoms with van der Waals surface area (Å²) in [5, 5.41) is 2.50. The minimum atomic E-state index is -3.86. The summed E-state index contributed by atoms with van der Waals surface area (Å²) in [6, 6.07) is 9.28. The number of nitrogens with zero attached hydrogens (tertiary/aromatic N) is 2. The summed E-state index contributed by atoms with van der Waals surface area (Å²) >= 11 is 0. The third-order valence-electron chi connectivity index (χ3n) is 5.47. The van der Waals surface area contributed by atoms with Gasteiger partial charge in [-0.15, -0.1) is 0 Å². The Morgan fingerprint density at radius 2 is 1.74 bits per heavy atom. The highest BCUT2D eigenvalue weighted by molar-refractivity contribution is 7.92. The van der Waals surface area contributed by atoms with Crippen LogP contribution in [0.4, 0.5) is 10.1 Å². The van der Waals surface area contributed by atoms with Gasteiger partial charge in [0.05, 0.1) is 11.4 Å². The van der Waals surface area contributed by atoms with Gasteiger partial charge >= 0.3 is 0 Å². The largest absolute Gasteiger partial charge is 0.486 e. The van der Waals surface area contributed by atoms with Crippen LogP contribution in [0, 0.1) is 5.82 Å². The summed E-state index contributed by atoms with van der Waals surface area (Å²) in [5.74, 6) is -0.805. The van der Waals surface area contributed by atoms with E-state index in [0.717, 1.165) is 4.31 Å². The zero-order chi connectivity index (χ0) is 24.9. The SMILES string of the molecule is CCS(=O)(=O)N(CC(=O)N(Cc1ccc(F)cc1)[C@@H](C)C(=O)NC)c1ccc2c(c1)OCCO2. The average Bonchev–Trinajstić information content (AvgIpc) is 2.85. The van der Waals surface area contributed by atoms with E-state index < -0.39 is 40.2 Å². The molecule has 0 saturated heterocycles. The Morgan fingerprint density at radius 1 is 1.09 bits per heavy atom. The highest BCUT2D eigenvalue weighted by atomic mass is 32.2. The molecule has 0 unspecified atom stereocenters. The van der Waals surface area contributed by atoms with Crippen molar-refractivity contribution in [2.45, 2.75) is 26.4 Å². The number of carbonyl (C=O) groups excluding carboxylic acids is 2. The van der Waals surface area contributed by atoms with Crippen LogP contribution in [-0.4, -0.2) is 63.7 Å². The van der Waals surface area contributed by atoms with Gasteiger partial charge in [-0.2, -0.15) is 0 Å². The van der Waals surface area contributed by atoms with Gasteiger partial charge in [0, 0.05) is 19.7 Å². The fourth-order valence-electron chi connectivity index (χ4n) is 3.48. The first-order valence-corrected chi connectivity index (χ1v) is 12.4. The number of sulfonamides is 1. The lowest BCUT2D eigenvalue weighted by molar-refractivity contribution is -0.139. The van der Waals surface area contributed by atoms with Crippen LogP contribution in [0.2, 0.25) is 0 Å². The molecule has 0 spiro atoms. The van der Waals surface area contributed by atoms with Gasteiger partial charge in [0.2, 0.25) is 21.8 Å². The number of hydrogen-bond donors (Lipinski definition) is 1. The van der Waals surface area contributed by atoms with Crippen molar-refractivity contribution in [2.24, 2.45) is 0 Å². The summed E-state index contributed by atoms with van der Waals surface area (Å²) in [6.45, 7) is 3.20. The fourth-order valence-corrected chi connectivity index (χ4v) is 4.54. The summed E-state index contributed by atoms with van der Waals surface area (Å²) in [6.07, 6.45) is 0. The standard InChI is InChI=1S/C23H28FN3O6S/c1-4-34(30,31)27(19-9-10-20-21(13-19)33-12-11-32-20)15-22(28)26(16(2)23(29)25-3)14-17-5-7-18(24)8-6-17/h5-10,13,16H,4,11-12,14-15H2,1-3H3,(H,25,29)/t16-/m0/s1. The first-order valence-electron chi connectivity index (χ1n) is 10.8. The molecule has 0 aromatic heterocycles. The van der Waals surface area contributed by atoms with Gasteiger partial charge in [-0.3, -0.25) is 13.9 Å². The number of ether oxygens (including phenoxy) is 2. The van der Waals surface area contributed by atoms with Crippen LogP contribution in [0.15, 0.2) is 42.5 Å². The van der Waals surface area contributed by atoms with E-state index in [1.807, 2.05) is 0 Å². The molecule has 1 N–H and O–H groups in total. The highest BCUT2D eigenvalue weighted by Crippen LogP contribution is 2.35. The zero-order valence-electron chi connectivity index (χ0n) is 19.3. The van der Waals surface area contributed by atoms with E-state index in [4.69, 9.17) is 9.47 Å². The highest BCUT2D eigenvalue weighted by Gasteiger charge is 2.31. The van der Waals surface area contributed by atoms with Crippen molar-refractivity contribution >= 4 is 27.5 Å². The molecule has 2 aromatic carbocycles. The lowest BCUT2D eigenvalue weighted by atomic mass is 10.1. The summed E-state index contributed by atoms with van der Waals surface area (Å²) < 4.78 is 51.3. The van der Waals surface area contributed by atoms with Gasteiger partial charge < -0.3 is 19.7 Å². The van der Waals surface area contributed by atoms with Crippen molar-refractivity contribution in [3.05, 3.63) is 53.8 Å². The van der Waals surface area contributed by atoms with E-state index in [0.29, 0.717) is 30.3 Å². The molecule has 184 valence electrons. The quantitative estimate of drug-likeness (QED) is 0.572. The second-order valence-corrected chi connectivity index (χ2v) is 9.86. The van der Waals surface area contributed by atoms with Gasteiger partial charge in [0.25, 0.3) is 0 Å². The third kappa shape index (κ3) is 5.77. The number of amides is 2. The summed E-state index contributed by atoms with van der Waals surface area (Å²) in [5.41, 5.74) is 0.837. The van der Waals surface area contributed by atoms with E-state index in [2.05, 4.69) is 5.32 Å². The van der Waals surface area contributed by atoms with Crippen LogP contribution < -0.4 is 19.1 Å². The Kier molecular flexibility index (Phi) is 7.98. The Balaban J connectivity index is 1.94. The predicted molar refractivity (Wildman–Crippen MR) is 125 cm³/mol. The van der Waals surface area contributed by atoms with Gasteiger partial charge in [0.1, 0.15) is 31.6 Å². The van der Waals surface area contributed by atoms with Crippen molar-refractivity contribution in [2.75, 3.05) is 36.9 Å². The topological polar surface area (TPSA) is 105 Å². The fraction of sp³-hybridized carbons (Fsp3) is 0.391. The maximum Gasteiger partial charge on any atom is 0.244 e. The van der Waals surface area contributed by atoms with Crippen molar-refractivity contribution in [1.82, 2.24) is 10.2 Å². The second-order valence-electron chi connectivity index (χ2n) is 7.67. The van der Waals surface area contributed by atoms with Crippen molar-refractivity contribution in [3.63, 3.8) is 0 Å². The normalized spacial score (nSPS) is 13.6. The van der Waals surface area contributed by atoms with Gasteiger partial charge in [0.15, 0.2) is 11.5 Å². The van der Waals surface area contributed by atoms with Crippen LogP contribution in [0.1, 0.15) is 19.4 Å². The van der Waals surface area contributed by atoms with E-state index in [1.54, 1.807) is 19.1 Å². The number of fused-ring (bicyclic) bond motifs is 1. The second kappa shape index (κ2) is 10.7. The first-order chi connectivity index (χ1) is 16.2. The predicted octanol–water partition coefficient (Wildman–Crippen LogP) is 1.92. The van der Waals surface area contributed by atoms with Gasteiger partial charge in [-0.1, -0.05) is 12.1 Å². The first kappa shape index (κ1) is 25.3. The van der Waals surface area contributed by atoms with E-state index in [-0.39, 0.29) is 18.0 Å². The maximum absolute atomic E-state index is 13.4. The van der Waals surface area contributed by atoms with E-state index in [1.165, 1.54) is 49.2 Å². The molecular formula is C23H28FN3O6S. The number of hydrogen-bond acceptors (Lipinski definition) is 6. The maximum atomic E-state index is 13.4. The molecule has 1 heterocycles. The van der Waals surface area contributed by atoms with Gasteiger partial charge in [-0.25, -0.2) is 12.8 Å². The molecule has 0 radical (unpaired) electrons. The zero-order valence-corrected chi connectivity index (χ0v) is 20.1. The van der Waals surface area contributed by atoms with Crippen molar-refractivity contribution < 1.29 is 31.9 Å². The number of likely N-dealkylation sites (N-methyl/N-ethyl adjacent to an activating group) is 1.